The number of benzene rings is 2. The second-order valence-corrected chi connectivity index (χ2v) is 5.47. The molecular weight excluding hydrogens is 274 g/mol. The maximum atomic E-state index is 10.3. The Morgan fingerprint density at radius 2 is 1.59 bits per heavy atom. The summed E-state index contributed by atoms with van der Waals surface area (Å²) in [4.78, 5) is 2.32. The predicted octanol–water partition coefficient (Wildman–Crippen LogP) is 3.26. The van der Waals surface area contributed by atoms with E-state index >= 15 is 0 Å². The van der Waals surface area contributed by atoms with E-state index in [1.165, 1.54) is 5.56 Å². The van der Waals surface area contributed by atoms with E-state index in [1.807, 2.05) is 36.4 Å². The predicted molar refractivity (Wildman–Crippen MR) is 89.6 cm³/mol. The molecule has 0 aliphatic carbocycles. The highest BCUT2D eigenvalue weighted by atomic mass is 16.5. The van der Waals surface area contributed by atoms with Crippen molar-refractivity contribution >= 4 is 0 Å². The second kappa shape index (κ2) is 9.36. The van der Waals surface area contributed by atoms with Gasteiger partial charge in [-0.3, -0.25) is 4.90 Å². The first-order valence-electron chi connectivity index (χ1n) is 7.78. The van der Waals surface area contributed by atoms with Gasteiger partial charge in [0.15, 0.2) is 0 Å². The zero-order valence-electron chi connectivity index (χ0n) is 13.2. The van der Waals surface area contributed by atoms with Crippen LogP contribution in [0.15, 0.2) is 60.7 Å². The Bertz CT molecular complexity index is 515. The highest BCUT2D eigenvalue weighted by molar-refractivity contribution is 5.17. The van der Waals surface area contributed by atoms with E-state index in [2.05, 4.69) is 29.2 Å². The van der Waals surface area contributed by atoms with Crippen LogP contribution in [0.4, 0.5) is 0 Å². The zero-order valence-corrected chi connectivity index (χ0v) is 13.2. The maximum Gasteiger partial charge on any atom is 0.0802 e. The van der Waals surface area contributed by atoms with Crippen LogP contribution in [-0.2, 0) is 11.3 Å². The monoisotopic (exact) mass is 299 g/mol. The normalized spacial score (nSPS) is 12.5. The molecule has 0 spiro atoms. The third kappa shape index (κ3) is 5.60. The van der Waals surface area contributed by atoms with Gasteiger partial charge in [0.2, 0.25) is 0 Å². The lowest BCUT2D eigenvalue weighted by Crippen LogP contribution is -2.29. The van der Waals surface area contributed by atoms with E-state index in [0.717, 1.165) is 31.6 Å². The van der Waals surface area contributed by atoms with Crippen molar-refractivity contribution < 1.29 is 9.84 Å². The lowest BCUT2D eigenvalue weighted by molar-refractivity contribution is 0.114. The maximum absolute atomic E-state index is 10.3. The van der Waals surface area contributed by atoms with E-state index < -0.39 is 6.10 Å². The smallest absolute Gasteiger partial charge is 0.0802 e. The number of nitrogens with zero attached hydrogens (tertiary/aromatic N) is 1. The van der Waals surface area contributed by atoms with Crippen molar-refractivity contribution in [3.8, 4) is 0 Å². The molecule has 0 fully saturated rings. The molecule has 1 atom stereocenters. The molecule has 0 radical (unpaired) electrons. The quantitative estimate of drug-likeness (QED) is 0.771. The average Bonchev–Trinajstić information content (AvgIpc) is 2.58. The lowest BCUT2D eigenvalue weighted by Gasteiger charge is -2.23. The number of rotatable bonds is 9. The summed E-state index contributed by atoms with van der Waals surface area (Å²) >= 11 is 0. The number of methoxy groups -OCH3 is 1. The van der Waals surface area contributed by atoms with Crippen molar-refractivity contribution in [2.75, 3.05) is 26.8 Å². The lowest BCUT2D eigenvalue weighted by atomic mass is 10.1. The minimum absolute atomic E-state index is 0.415. The largest absolute Gasteiger partial charge is 0.388 e. The SMILES string of the molecule is COCCN(CCC(O)c1ccccc1)Cc1ccccc1. The average molecular weight is 299 g/mol. The summed E-state index contributed by atoms with van der Waals surface area (Å²) in [5, 5.41) is 10.3. The Balaban J connectivity index is 1.89. The number of hydrogen-bond acceptors (Lipinski definition) is 3. The first-order valence-corrected chi connectivity index (χ1v) is 7.78. The summed E-state index contributed by atoms with van der Waals surface area (Å²) in [7, 11) is 1.72. The van der Waals surface area contributed by atoms with E-state index in [0.29, 0.717) is 6.61 Å². The van der Waals surface area contributed by atoms with Crippen LogP contribution in [0.5, 0.6) is 0 Å². The van der Waals surface area contributed by atoms with E-state index in [9.17, 15) is 5.11 Å². The van der Waals surface area contributed by atoms with Gasteiger partial charge < -0.3 is 9.84 Å². The fourth-order valence-electron chi connectivity index (χ4n) is 2.48. The molecule has 1 unspecified atom stereocenters. The molecule has 1 N–H and O–H groups in total. The van der Waals surface area contributed by atoms with Gasteiger partial charge in [-0.15, -0.1) is 0 Å². The first-order chi connectivity index (χ1) is 10.8. The molecule has 118 valence electrons. The van der Waals surface area contributed by atoms with Gasteiger partial charge in [-0.1, -0.05) is 60.7 Å². The standard InChI is InChI=1S/C19H25NO2/c1-22-15-14-20(16-17-8-4-2-5-9-17)13-12-19(21)18-10-6-3-7-11-18/h2-11,19,21H,12-16H2,1H3. The van der Waals surface area contributed by atoms with E-state index in [4.69, 9.17) is 4.74 Å². The Morgan fingerprint density at radius 3 is 2.23 bits per heavy atom. The fraction of sp³-hybridized carbons (Fsp3) is 0.368. The van der Waals surface area contributed by atoms with E-state index in [1.54, 1.807) is 7.11 Å². The molecule has 2 rings (SSSR count). The molecule has 0 aliphatic heterocycles. The number of ether oxygens (including phenoxy) is 1. The molecule has 3 nitrogen and oxygen atoms in total. The van der Waals surface area contributed by atoms with Crippen LogP contribution in [0.25, 0.3) is 0 Å². The molecule has 0 aromatic heterocycles. The molecule has 22 heavy (non-hydrogen) atoms. The summed E-state index contributed by atoms with van der Waals surface area (Å²) in [5.74, 6) is 0. The second-order valence-electron chi connectivity index (χ2n) is 5.47. The van der Waals surface area contributed by atoms with Crippen LogP contribution < -0.4 is 0 Å². The minimum Gasteiger partial charge on any atom is -0.388 e. The Hall–Kier alpha value is -1.68. The summed E-state index contributed by atoms with van der Waals surface area (Å²) in [6, 6.07) is 20.3. The van der Waals surface area contributed by atoms with Crippen LogP contribution in [0.2, 0.25) is 0 Å². The minimum atomic E-state index is -0.415. The van der Waals surface area contributed by atoms with Gasteiger partial charge in [0.1, 0.15) is 0 Å². The summed E-state index contributed by atoms with van der Waals surface area (Å²) < 4.78 is 5.20. The number of aliphatic hydroxyl groups is 1. The molecule has 2 aromatic rings. The van der Waals surface area contributed by atoms with Crippen molar-refractivity contribution in [1.29, 1.82) is 0 Å². The van der Waals surface area contributed by atoms with Crippen LogP contribution >= 0.6 is 0 Å². The van der Waals surface area contributed by atoms with Gasteiger partial charge in [0.25, 0.3) is 0 Å². The Kier molecular flexibility index (Phi) is 7.10. The Morgan fingerprint density at radius 1 is 0.955 bits per heavy atom. The van der Waals surface area contributed by atoms with Gasteiger partial charge >= 0.3 is 0 Å². The Labute approximate surface area is 133 Å². The van der Waals surface area contributed by atoms with Gasteiger partial charge in [-0.2, -0.15) is 0 Å². The van der Waals surface area contributed by atoms with Gasteiger partial charge in [0, 0.05) is 26.7 Å². The molecule has 3 heteroatoms. The molecule has 2 aromatic carbocycles. The summed E-state index contributed by atoms with van der Waals surface area (Å²) in [5.41, 5.74) is 2.27. The van der Waals surface area contributed by atoms with Gasteiger partial charge in [-0.05, 0) is 17.5 Å². The van der Waals surface area contributed by atoms with Crippen molar-refractivity contribution in [3.63, 3.8) is 0 Å². The third-order valence-electron chi connectivity index (χ3n) is 3.76. The van der Waals surface area contributed by atoms with Crippen LogP contribution in [-0.4, -0.2) is 36.8 Å². The third-order valence-corrected chi connectivity index (χ3v) is 3.76. The topological polar surface area (TPSA) is 32.7 Å². The van der Waals surface area contributed by atoms with Crippen molar-refractivity contribution in [2.24, 2.45) is 0 Å². The highest BCUT2D eigenvalue weighted by Crippen LogP contribution is 2.17. The summed E-state index contributed by atoms with van der Waals surface area (Å²) in [6.07, 6.45) is 0.308. The zero-order chi connectivity index (χ0) is 15.6. The first kappa shape index (κ1) is 16.7. The summed E-state index contributed by atoms with van der Waals surface area (Å²) in [6.45, 7) is 3.29. The number of hydrogen-bond donors (Lipinski definition) is 1. The molecule has 0 heterocycles. The molecule has 0 saturated heterocycles. The molecule has 0 aliphatic rings. The van der Waals surface area contributed by atoms with Crippen molar-refractivity contribution in [3.05, 3.63) is 71.8 Å². The van der Waals surface area contributed by atoms with E-state index in [-0.39, 0.29) is 0 Å². The van der Waals surface area contributed by atoms with Crippen molar-refractivity contribution in [1.82, 2.24) is 4.90 Å². The van der Waals surface area contributed by atoms with Gasteiger partial charge in [-0.25, -0.2) is 0 Å². The van der Waals surface area contributed by atoms with Crippen molar-refractivity contribution in [2.45, 2.75) is 19.1 Å². The molecular formula is C19H25NO2. The molecule has 0 saturated carbocycles. The highest BCUT2D eigenvalue weighted by Gasteiger charge is 2.11. The fourth-order valence-corrected chi connectivity index (χ4v) is 2.48. The van der Waals surface area contributed by atoms with Crippen LogP contribution in [0, 0.1) is 0 Å². The van der Waals surface area contributed by atoms with Gasteiger partial charge in [0.05, 0.1) is 12.7 Å². The molecule has 0 bridgehead atoms. The number of aliphatic hydroxyl groups excluding tert-OH is 1. The molecule has 0 amide bonds. The van der Waals surface area contributed by atoms with Crippen LogP contribution in [0.1, 0.15) is 23.7 Å². The van der Waals surface area contributed by atoms with Crippen LogP contribution in [0.3, 0.4) is 0 Å².